The van der Waals surface area contributed by atoms with E-state index in [9.17, 15) is 5.11 Å². The van der Waals surface area contributed by atoms with Crippen LogP contribution in [-0.4, -0.2) is 10.7 Å². The highest BCUT2D eigenvalue weighted by molar-refractivity contribution is 5.41. The summed E-state index contributed by atoms with van der Waals surface area (Å²) in [6.45, 7) is 10.5. The summed E-state index contributed by atoms with van der Waals surface area (Å²) < 4.78 is 12.7. The smallest absolute Gasteiger partial charge is 0.123 e. The van der Waals surface area contributed by atoms with Gasteiger partial charge in [0.2, 0.25) is 0 Å². The molecule has 3 heteroatoms. The van der Waals surface area contributed by atoms with Gasteiger partial charge in [0.25, 0.3) is 0 Å². The Bertz CT molecular complexity index is 1200. The first-order valence-electron chi connectivity index (χ1n) is 14.4. The number of hydrogen-bond donors (Lipinski definition) is 1. The summed E-state index contributed by atoms with van der Waals surface area (Å²) in [5.41, 5.74) is 3.09. The molecule has 1 N–H and O–H groups in total. The molecule has 0 radical (unpaired) electrons. The number of benzene rings is 3. The minimum atomic E-state index is -0.712. The van der Waals surface area contributed by atoms with Gasteiger partial charge in [-0.1, -0.05) is 87.9 Å². The summed E-state index contributed by atoms with van der Waals surface area (Å²) in [4.78, 5) is 0. The maximum atomic E-state index is 11.8. The van der Waals surface area contributed by atoms with Crippen molar-refractivity contribution in [2.45, 2.75) is 85.0 Å². The van der Waals surface area contributed by atoms with Gasteiger partial charge in [0.05, 0.1) is 5.60 Å². The van der Waals surface area contributed by atoms with Gasteiger partial charge in [0.1, 0.15) is 24.7 Å². The van der Waals surface area contributed by atoms with Crippen molar-refractivity contribution in [3.05, 3.63) is 95.6 Å². The Morgan fingerprint density at radius 2 is 1.39 bits per heavy atom. The van der Waals surface area contributed by atoms with E-state index in [0.717, 1.165) is 47.5 Å². The van der Waals surface area contributed by atoms with E-state index >= 15 is 0 Å². The molecular formula is C35H44O3. The van der Waals surface area contributed by atoms with E-state index in [1.165, 1.54) is 19.3 Å². The van der Waals surface area contributed by atoms with Gasteiger partial charge in [-0.05, 0) is 96.6 Å². The standard InChI is InChI=1S/C35H44O3/c1-33(2)19-11-20-34(3)31(33)18-21-35(4,36)32(34)23-28-22-29(37-24-26-12-7-5-8-13-26)16-17-30(28)38-25-27-14-9-6-10-15-27/h5-10,12-17,22,31-32,36H,11,18-21,23-25H2,1-4H3/t31-,32+,34-,35+/m1/s1. The normalized spacial score (nSPS) is 28.3. The lowest BCUT2D eigenvalue weighted by Gasteiger charge is -2.61. The van der Waals surface area contributed by atoms with Crippen LogP contribution in [0, 0.1) is 22.7 Å². The fourth-order valence-corrected chi connectivity index (χ4v) is 7.72. The third kappa shape index (κ3) is 5.64. The molecule has 3 aromatic rings. The maximum Gasteiger partial charge on any atom is 0.123 e. The molecule has 3 aromatic carbocycles. The van der Waals surface area contributed by atoms with Gasteiger partial charge < -0.3 is 14.6 Å². The number of aliphatic hydroxyl groups is 1. The van der Waals surface area contributed by atoms with E-state index < -0.39 is 5.60 Å². The first-order valence-corrected chi connectivity index (χ1v) is 14.4. The highest BCUT2D eigenvalue weighted by Crippen LogP contribution is 2.62. The third-order valence-electron chi connectivity index (χ3n) is 9.70. The van der Waals surface area contributed by atoms with Crippen LogP contribution in [0.5, 0.6) is 11.5 Å². The van der Waals surface area contributed by atoms with Crippen LogP contribution in [0.3, 0.4) is 0 Å². The first kappa shape index (κ1) is 26.8. The van der Waals surface area contributed by atoms with E-state index in [-0.39, 0.29) is 11.3 Å². The van der Waals surface area contributed by atoms with E-state index in [2.05, 4.69) is 64.1 Å². The molecule has 0 spiro atoms. The fourth-order valence-electron chi connectivity index (χ4n) is 7.72. The number of hydrogen-bond acceptors (Lipinski definition) is 3. The Morgan fingerprint density at radius 1 is 0.763 bits per heavy atom. The molecule has 3 nitrogen and oxygen atoms in total. The molecule has 202 valence electrons. The number of ether oxygens (including phenoxy) is 2. The van der Waals surface area contributed by atoms with Crippen molar-refractivity contribution in [2.24, 2.45) is 22.7 Å². The SMILES string of the molecule is CC1(C)CCC[C@]2(C)[C@@H]1CC[C@](C)(O)[C@H]2Cc1cc(OCc2ccccc2)ccc1OCc1ccccc1. The van der Waals surface area contributed by atoms with Gasteiger partial charge in [-0.2, -0.15) is 0 Å². The predicted molar refractivity (Wildman–Crippen MR) is 154 cm³/mol. The Hall–Kier alpha value is -2.78. The molecule has 38 heavy (non-hydrogen) atoms. The fraction of sp³-hybridized carbons (Fsp3) is 0.486. The van der Waals surface area contributed by atoms with Crippen LogP contribution in [0.1, 0.15) is 76.5 Å². The zero-order valence-corrected chi connectivity index (χ0v) is 23.6. The Kier molecular flexibility index (Phi) is 7.60. The highest BCUT2D eigenvalue weighted by atomic mass is 16.5. The second-order valence-electron chi connectivity index (χ2n) is 12.9. The summed E-state index contributed by atoms with van der Waals surface area (Å²) in [6, 6.07) is 26.8. The molecule has 0 saturated heterocycles. The molecule has 2 saturated carbocycles. The topological polar surface area (TPSA) is 38.7 Å². The van der Waals surface area contributed by atoms with Crippen LogP contribution >= 0.6 is 0 Å². The predicted octanol–water partition coefficient (Wildman–Crippen LogP) is 8.38. The van der Waals surface area contributed by atoms with Crippen molar-refractivity contribution in [1.29, 1.82) is 0 Å². The molecule has 5 rings (SSSR count). The Labute approximate surface area is 229 Å². The maximum absolute atomic E-state index is 11.8. The van der Waals surface area contributed by atoms with Gasteiger partial charge in [-0.3, -0.25) is 0 Å². The Balaban J connectivity index is 1.45. The van der Waals surface area contributed by atoms with Crippen molar-refractivity contribution in [1.82, 2.24) is 0 Å². The second kappa shape index (κ2) is 10.8. The molecule has 2 fully saturated rings. The first-order chi connectivity index (χ1) is 18.2. The average molecular weight is 513 g/mol. The van der Waals surface area contributed by atoms with Crippen LogP contribution in [-0.2, 0) is 19.6 Å². The van der Waals surface area contributed by atoms with Gasteiger partial charge in [-0.15, -0.1) is 0 Å². The van der Waals surface area contributed by atoms with Gasteiger partial charge >= 0.3 is 0 Å². The van der Waals surface area contributed by atoms with Gasteiger partial charge in [0.15, 0.2) is 0 Å². The molecule has 0 aromatic heterocycles. The van der Waals surface area contributed by atoms with Crippen molar-refractivity contribution in [3.8, 4) is 11.5 Å². The van der Waals surface area contributed by atoms with Crippen molar-refractivity contribution in [2.75, 3.05) is 0 Å². The molecule has 0 bridgehead atoms. The van der Waals surface area contributed by atoms with Crippen LogP contribution in [0.4, 0.5) is 0 Å². The summed E-state index contributed by atoms with van der Waals surface area (Å²) in [6.07, 6.45) is 6.41. The monoisotopic (exact) mass is 512 g/mol. The molecule has 0 heterocycles. The quantitative estimate of drug-likeness (QED) is 0.329. The second-order valence-corrected chi connectivity index (χ2v) is 12.9. The average Bonchev–Trinajstić information content (AvgIpc) is 2.89. The lowest BCUT2D eigenvalue weighted by atomic mass is 9.45. The van der Waals surface area contributed by atoms with Crippen molar-refractivity contribution in [3.63, 3.8) is 0 Å². The molecule has 4 atom stereocenters. The lowest BCUT2D eigenvalue weighted by Crippen LogP contribution is -2.58. The molecule has 0 aliphatic heterocycles. The Morgan fingerprint density at radius 3 is 2.05 bits per heavy atom. The minimum Gasteiger partial charge on any atom is -0.489 e. The van der Waals surface area contributed by atoms with E-state index in [1.807, 2.05) is 42.5 Å². The van der Waals surface area contributed by atoms with Crippen molar-refractivity contribution >= 4 is 0 Å². The largest absolute Gasteiger partial charge is 0.489 e. The van der Waals surface area contributed by atoms with E-state index in [0.29, 0.717) is 24.5 Å². The lowest BCUT2D eigenvalue weighted by molar-refractivity contribution is -0.166. The molecular weight excluding hydrogens is 468 g/mol. The van der Waals surface area contributed by atoms with E-state index in [1.54, 1.807) is 0 Å². The molecule has 0 unspecified atom stereocenters. The molecule has 0 amide bonds. The van der Waals surface area contributed by atoms with Gasteiger partial charge in [-0.25, -0.2) is 0 Å². The van der Waals surface area contributed by atoms with Crippen LogP contribution in [0.25, 0.3) is 0 Å². The molecule has 2 aliphatic carbocycles. The minimum absolute atomic E-state index is 0.0844. The van der Waals surface area contributed by atoms with Crippen LogP contribution in [0.15, 0.2) is 78.9 Å². The van der Waals surface area contributed by atoms with E-state index in [4.69, 9.17) is 9.47 Å². The summed E-state index contributed by atoms with van der Waals surface area (Å²) >= 11 is 0. The van der Waals surface area contributed by atoms with Crippen LogP contribution < -0.4 is 9.47 Å². The number of rotatable bonds is 8. The number of fused-ring (bicyclic) bond motifs is 1. The zero-order chi connectivity index (χ0) is 26.8. The summed E-state index contributed by atoms with van der Waals surface area (Å²) in [5, 5.41) is 11.8. The van der Waals surface area contributed by atoms with Gasteiger partial charge in [0, 0.05) is 0 Å². The highest BCUT2D eigenvalue weighted by Gasteiger charge is 2.57. The molecule has 2 aliphatic rings. The zero-order valence-electron chi connectivity index (χ0n) is 23.6. The van der Waals surface area contributed by atoms with Crippen LogP contribution in [0.2, 0.25) is 0 Å². The van der Waals surface area contributed by atoms with Crippen molar-refractivity contribution < 1.29 is 14.6 Å². The summed E-state index contributed by atoms with van der Waals surface area (Å²) in [5.74, 6) is 2.49. The summed E-state index contributed by atoms with van der Waals surface area (Å²) in [7, 11) is 0. The third-order valence-corrected chi connectivity index (χ3v) is 9.70.